The van der Waals surface area contributed by atoms with Gasteiger partial charge in [-0.15, -0.1) is 11.3 Å². The van der Waals surface area contributed by atoms with E-state index in [0.29, 0.717) is 59.5 Å². The molecule has 252 valence electrons. The van der Waals surface area contributed by atoms with Crippen LogP contribution < -0.4 is 0 Å². The van der Waals surface area contributed by atoms with Crippen molar-refractivity contribution < 1.29 is 16.4 Å². The maximum atomic E-state index is 9.13. The van der Waals surface area contributed by atoms with Gasteiger partial charge in [0.25, 0.3) is 0 Å². The highest BCUT2D eigenvalue weighted by Crippen LogP contribution is 2.41. The number of benzene rings is 7. The van der Waals surface area contributed by atoms with Gasteiger partial charge in [-0.2, -0.15) is 0 Å². The number of nitrogens with zero attached hydrogens (tertiary/aromatic N) is 5. The monoisotopic (exact) mass is 719 g/mol. The average molecular weight is 720 g/mol. The van der Waals surface area contributed by atoms with Crippen LogP contribution in [0.25, 0.3) is 104 Å². The van der Waals surface area contributed by atoms with Crippen LogP contribution in [-0.2, 0) is 0 Å². The molecule has 0 fully saturated rings. The van der Waals surface area contributed by atoms with Crippen molar-refractivity contribution in [1.82, 2.24) is 24.5 Å². The van der Waals surface area contributed by atoms with E-state index in [9.17, 15) is 0 Å². The van der Waals surface area contributed by atoms with Gasteiger partial charge < -0.3 is 4.57 Å². The number of fused-ring (bicyclic) bond motifs is 7. The first kappa shape index (κ1) is 20.9. The van der Waals surface area contributed by atoms with Crippen molar-refractivity contribution in [2.45, 2.75) is 0 Å². The highest BCUT2D eigenvalue weighted by atomic mass is 32.1. The zero-order valence-corrected chi connectivity index (χ0v) is 28.8. The van der Waals surface area contributed by atoms with Crippen LogP contribution in [0.5, 0.6) is 0 Å². The lowest BCUT2D eigenvalue weighted by molar-refractivity contribution is 1.06. The number of rotatable bonds is 5. The molecule has 0 saturated carbocycles. The van der Waals surface area contributed by atoms with Crippen LogP contribution in [0.15, 0.2) is 176 Å². The molecule has 0 unspecified atom stereocenters. The maximum Gasteiger partial charge on any atom is 0.166 e. The first-order valence-electron chi connectivity index (χ1n) is 23.0. The summed E-state index contributed by atoms with van der Waals surface area (Å²) in [5, 5.41) is 2.48. The Labute approximate surface area is 331 Å². The molecule has 6 heteroatoms. The normalized spacial score (nSPS) is 14.8. The summed E-state index contributed by atoms with van der Waals surface area (Å²) in [5.74, 6) is 0.714. The van der Waals surface area contributed by atoms with Crippen LogP contribution >= 0.6 is 11.3 Å². The van der Waals surface area contributed by atoms with E-state index in [0.717, 1.165) is 10.8 Å². The molecule has 0 spiro atoms. The van der Waals surface area contributed by atoms with Crippen LogP contribution in [0.3, 0.4) is 0 Å². The number of hydrogen-bond donors (Lipinski definition) is 0. The zero-order valence-electron chi connectivity index (χ0n) is 40.0. The standard InChI is InChI=1S/C48H29N5S/c1-5-19-41-36(13-1)37-14-2-6-20-42(37)53(41)43-21-7-3-16-40(43)48-51-46(50-47(52-48)33-23-24-34-29-49-26-25-30(34)27-33)32-12-9-11-31(28-32)35-17-10-18-39-38-15-4-8-22-44(38)54-45(35)39/h1-29H/i1D,2D,4D,5D,10D,13D,14D,15D,18D,19D,20D,22D. The van der Waals surface area contributed by atoms with Gasteiger partial charge in [0.15, 0.2) is 17.5 Å². The van der Waals surface area contributed by atoms with E-state index >= 15 is 0 Å². The number of pyridine rings is 1. The van der Waals surface area contributed by atoms with Crippen molar-refractivity contribution in [2.75, 3.05) is 0 Å². The van der Waals surface area contributed by atoms with Gasteiger partial charge in [-0.1, -0.05) is 115 Å². The number of thiophene rings is 1. The molecule has 54 heavy (non-hydrogen) atoms. The minimum atomic E-state index is -0.506. The number of para-hydroxylation sites is 3. The molecule has 0 N–H and O–H groups in total. The lowest BCUT2D eigenvalue weighted by Crippen LogP contribution is -2.03. The molecule has 4 aromatic heterocycles. The summed E-state index contributed by atoms with van der Waals surface area (Å²) >= 11 is 1.24. The van der Waals surface area contributed by atoms with E-state index in [1.807, 2.05) is 48.5 Å². The molecule has 0 amide bonds. The molecule has 0 radical (unpaired) electrons. The first-order valence-corrected chi connectivity index (χ1v) is 17.8. The van der Waals surface area contributed by atoms with Crippen molar-refractivity contribution in [3.05, 3.63) is 176 Å². The second-order valence-electron chi connectivity index (χ2n) is 12.6. The van der Waals surface area contributed by atoms with Crippen LogP contribution in [0.1, 0.15) is 16.4 Å². The summed E-state index contributed by atoms with van der Waals surface area (Å²) in [7, 11) is 0. The predicted octanol–water partition coefficient (Wildman–Crippen LogP) is 12.6. The molecule has 0 bridgehead atoms. The highest BCUT2D eigenvalue weighted by Gasteiger charge is 2.20. The summed E-state index contributed by atoms with van der Waals surface area (Å²) in [6.45, 7) is 0. The fourth-order valence-electron chi connectivity index (χ4n) is 7.00. The van der Waals surface area contributed by atoms with E-state index in [1.54, 1.807) is 42.7 Å². The third-order valence-electron chi connectivity index (χ3n) is 9.47. The predicted molar refractivity (Wildman–Crippen MR) is 224 cm³/mol. The van der Waals surface area contributed by atoms with Crippen LogP contribution in [-0.4, -0.2) is 24.5 Å². The lowest BCUT2D eigenvalue weighted by Gasteiger charge is -2.15. The Kier molecular flexibility index (Phi) is 4.75. The van der Waals surface area contributed by atoms with Gasteiger partial charge in [0.2, 0.25) is 0 Å². The molecule has 11 rings (SSSR count). The molecule has 0 aliphatic carbocycles. The van der Waals surface area contributed by atoms with E-state index in [2.05, 4.69) is 4.98 Å². The quantitative estimate of drug-likeness (QED) is 0.178. The topological polar surface area (TPSA) is 56.5 Å². The van der Waals surface area contributed by atoms with Gasteiger partial charge in [0.1, 0.15) is 0 Å². The fraction of sp³-hybridized carbons (Fsp3) is 0. The van der Waals surface area contributed by atoms with E-state index < -0.39 is 18.1 Å². The van der Waals surface area contributed by atoms with Crippen LogP contribution in [0.2, 0.25) is 0 Å². The summed E-state index contributed by atoms with van der Waals surface area (Å²) in [5.41, 5.74) is 3.32. The number of aromatic nitrogens is 5. The Morgan fingerprint density at radius 1 is 0.500 bits per heavy atom. The molecule has 0 saturated heterocycles. The Balaban J connectivity index is 1.18. The van der Waals surface area contributed by atoms with E-state index in [1.165, 1.54) is 28.0 Å². The summed E-state index contributed by atoms with van der Waals surface area (Å²) in [6.07, 6.45) is 3.44. The van der Waals surface area contributed by atoms with Gasteiger partial charge in [0.05, 0.1) is 33.2 Å². The fourth-order valence-corrected chi connectivity index (χ4v) is 8.12. The average Bonchev–Trinajstić information content (AvgIpc) is 3.91. The summed E-state index contributed by atoms with van der Waals surface area (Å²) in [4.78, 5) is 19.4. The molecule has 7 aromatic carbocycles. The van der Waals surface area contributed by atoms with Gasteiger partial charge >= 0.3 is 0 Å². The van der Waals surface area contributed by atoms with Crippen LogP contribution in [0.4, 0.5) is 0 Å². The number of hydrogen-bond acceptors (Lipinski definition) is 5. The highest BCUT2D eigenvalue weighted by molar-refractivity contribution is 7.26. The van der Waals surface area contributed by atoms with Gasteiger partial charge in [-0.3, -0.25) is 4.98 Å². The SMILES string of the molecule is [2H]c1cc([2H])c2sc3c(-c4cccc(-c5nc(-c6ccc7cnccc7c6)nc(-c6ccccc6-n6c7c([2H])cc([2H])c([2H])c7c7c([2H])c([2H])c([2H])c([2H])c76)n5)c4)cc([2H])c([2H])c3c2c1[2H]. The molecular weight excluding hydrogens is 679 g/mol. The zero-order chi connectivity index (χ0) is 46.0. The molecule has 4 heterocycles. The Hall–Kier alpha value is -7.02. The molecule has 5 nitrogen and oxygen atoms in total. The summed E-state index contributed by atoms with van der Waals surface area (Å²) < 4.78 is 108. The van der Waals surface area contributed by atoms with E-state index in [4.69, 9.17) is 31.4 Å². The maximum absolute atomic E-state index is 9.13. The second-order valence-corrected chi connectivity index (χ2v) is 13.6. The second kappa shape index (κ2) is 12.3. The van der Waals surface area contributed by atoms with Crippen molar-refractivity contribution in [1.29, 1.82) is 0 Å². The van der Waals surface area contributed by atoms with Crippen molar-refractivity contribution in [3.63, 3.8) is 0 Å². The molecule has 0 aliphatic heterocycles. The smallest absolute Gasteiger partial charge is 0.166 e. The van der Waals surface area contributed by atoms with Gasteiger partial charge in [-0.05, 0) is 65.0 Å². The van der Waals surface area contributed by atoms with Crippen LogP contribution in [0, 0.1) is 0 Å². The molecular formula is C48H29N5S. The molecule has 0 atom stereocenters. The molecule has 0 aliphatic rings. The van der Waals surface area contributed by atoms with Crippen molar-refractivity contribution in [2.24, 2.45) is 0 Å². The first-order chi connectivity index (χ1) is 31.7. The van der Waals surface area contributed by atoms with Gasteiger partial charge in [-0.25, -0.2) is 15.0 Å². The summed E-state index contributed by atoms with van der Waals surface area (Å²) in [6, 6.07) is 23.2. The minimum Gasteiger partial charge on any atom is -0.309 e. The van der Waals surface area contributed by atoms with E-state index in [-0.39, 0.29) is 87.8 Å². The van der Waals surface area contributed by atoms with Crippen molar-refractivity contribution >= 4 is 64.1 Å². The lowest BCUT2D eigenvalue weighted by atomic mass is 10.0. The Bertz CT molecular complexity index is 3940. The largest absolute Gasteiger partial charge is 0.309 e. The van der Waals surface area contributed by atoms with Gasteiger partial charge in [0, 0.05) is 65.4 Å². The third-order valence-corrected chi connectivity index (χ3v) is 10.6. The molecule has 11 aromatic rings. The minimum absolute atomic E-state index is 0.0120. The Morgan fingerprint density at radius 2 is 1.24 bits per heavy atom. The van der Waals surface area contributed by atoms with Crippen molar-refractivity contribution in [3.8, 4) is 51.0 Å². The Morgan fingerprint density at radius 3 is 2.17 bits per heavy atom. The third kappa shape index (κ3) is 4.92.